The van der Waals surface area contributed by atoms with E-state index in [4.69, 9.17) is 11.6 Å². The van der Waals surface area contributed by atoms with Crippen molar-refractivity contribution >= 4 is 11.6 Å². The van der Waals surface area contributed by atoms with Gasteiger partial charge in [-0.15, -0.1) is 5.10 Å². The van der Waals surface area contributed by atoms with Crippen LogP contribution in [0.4, 0.5) is 4.39 Å². The van der Waals surface area contributed by atoms with E-state index in [0.29, 0.717) is 11.7 Å². The second kappa shape index (κ2) is 6.28. The topological polar surface area (TPSA) is 55.6 Å². The zero-order valence-corrected chi connectivity index (χ0v) is 12.4. The van der Waals surface area contributed by atoms with Gasteiger partial charge in [-0.1, -0.05) is 31.5 Å². The Balaban J connectivity index is 2.30. The number of hydrogen-bond donors (Lipinski definition) is 1. The van der Waals surface area contributed by atoms with Crippen molar-refractivity contribution in [3.05, 3.63) is 34.9 Å². The molecule has 0 aliphatic carbocycles. The highest BCUT2D eigenvalue weighted by molar-refractivity contribution is 6.30. The highest BCUT2D eigenvalue weighted by Crippen LogP contribution is 2.22. The highest BCUT2D eigenvalue weighted by Gasteiger charge is 2.18. The Morgan fingerprint density at radius 2 is 2.10 bits per heavy atom. The Bertz CT molecular complexity index is 584. The van der Waals surface area contributed by atoms with Crippen LogP contribution in [0.2, 0.25) is 5.02 Å². The van der Waals surface area contributed by atoms with E-state index < -0.39 is 5.82 Å². The standard InChI is InChI=1S/C13H17ClFN5/c1-8(2)7-16-9(3)13-17-18-19-20(13)11-6-4-5-10(14)12(11)15/h4-6,8-9,16H,7H2,1-3H3. The van der Waals surface area contributed by atoms with Crippen molar-refractivity contribution in [3.8, 4) is 5.69 Å². The fraction of sp³-hybridized carbons (Fsp3) is 0.462. The summed E-state index contributed by atoms with van der Waals surface area (Å²) in [6.45, 7) is 6.98. The highest BCUT2D eigenvalue weighted by atomic mass is 35.5. The van der Waals surface area contributed by atoms with Crippen LogP contribution in [-0.2, 0) is 0 Å². The molecule has 1 unspecified atom stereocenters. The molecule has 0 saturated carbocycles. The normalized spacial score (nSPS) is 12.9. The Hall–Kier alpha value is -1.53. The van der Waals surface area contributed by atoms with Gasteiger partial charge in [0.1, 0.15) is 5.69 Å². The molecular weight excluding hydrogens is 281 g/mol. The fourth-order valence-corrected chi connectivity index (χ4v) is 1.96. The lowest BCUT2D eigenvalue weighted by molar-refractivity contribution is 0.473. The molecule has 1 aromatic heterocycles. The Morgan fingerprint density at radius 3 is 2.80 bits per heavy atom. The molecular formula is C13H17ClFN5. The zero-order valence-electron chi connectivity index (χ0n) is 11.6. The summed E-state index contributed by atoms with van der Waals surface area (Å²) in [5.41, 5.74) is 0.246. The van der Waals surface area contributed by atoms with E-state index in [9.17, 15) is 4.39 Å². The molecule has 0 aliphatic rings. The molecule has 0 bridgehead atoms. The van der Waals surface area contributed by atoms with Gasteiger partial charge in [0, 0.05) is 0 Å². The Labute approximate surface area is 122 Å². The van der Waals surface area contributed by atoms with E-state index >= 15 is 0 Å². The maximum absolute atomic E-state index is 14.1. The summed E-state index contributed by atoms with van der Waals surface area (Å²) in [6, 6.07) is 4.66. The molecule has 1 heterocycles. The first-order valence-electron chi connectivity index (χ1n) is 6.46. The molecule has 0 aliphatic heterocycles. The number of aromatic nitrogens is 4. The predicted molar refractivity (Wildman–Crippen MR) is 75.4 cm³/mol. The molecule has 2 rings (SSSR count). The van der Waals surface area contributed by atoms with Crippen molar-refractivity contribution in [1.82, 2.24) is 25.5 Å². The van der Waals surface area contributed by atoms with Crippen LogP contribution in [-0.4, -0.2) is 26.8 Å². The SMILES string of the molecule is CC(C)CNC(C)c1nnnn1-c1cccc(Cl)c1F. The largest absolute Gasteiger partial charge is 0.307 e. The maximum Gasteiger partial charge on any atom is 0.173 e. The van der Waals surface area contributed by atoms with Gasteiger partial charge in [0.15, 0.2) is 11.6 Å². The van der Waals surface area contributed by atoms with Gasteiger partial charge in [-0.2, -0.15) is 4.68 Å². The van der Waals surface area contributed by atoms with Gasteiger partial charge < -0.3 is 5.32 Å². The van der Waals surface area contributed by atoms with Crippen molar-refractivity contribution in [2.24, 2.45) is 5.92 Å². The van der Waals surface area contributed by atoms with Crippen LogP contribution >= 0.6 is 11.6 Å². The van der Waals surface area contributed by atoms with E-state index in [1.54, 1.807) is 12.1 Å². The minimum atomic E-state index is -0.529. The molecule has 0 saturated heterocycles. The van der Waals surface area contributed by atoms with Crippen molar-refractivity contribution in [2.75, 3.05) is 6.54 Å². The molecule has 0 amide bonds. The minimum Gasteiger partial charge on any atom is -0.307 e. The lowest BCUT2D eigenvalue weighted by atomic mass is 10.2. The average Bonchev–Trinajstić information content (AvgIpc) is 2.88. The third-order valence-corrected chi connectivity index (χ3v) is 3.16. The third kappa shape index (κ3) is 3.13. The molecule has 0 fully saturated rings. The van der Waals surface area contributed by atoms with Crippen molar-refractivity contribution < 1.29 is 4.39 Å². The van der Waals surface area contributed by atoms with Crippen LogP contribution in [0.5, 0.6) is 0 Å². The number of halogens is 2. The molecule has 0 spiro atoms. The van der Waals surface area contributed by atoms with Crippen LogP contribution in [0, 0.1) is 11.7 Å². The second-order valence-corrected chi connectivity index (χ2v) is 5.45. The van der Waals surface area contributed by atoms with Gasteiger partial charge in [0.2, 0.25) is 0 Å². The minimum absolute atomic E-state index is 0.0479. The number of rotatable bonds is 5. The van der Waals surface area contributed by atoms with Crippen LogP contribution in [0.15, 0.2) is 18.2 Å². The third-order valence-electron chi connectivity index (χ3n) is 2.87. The Morgan fingerprint density at radius 1 is 1.35 bits per heavy atom. The van der Waals surface area contributed by atoms with Crippen LogP contribution in [0.25, 0.3) is 5.69 Å². The van der Waals surface area contributed by atoms with E-state index in [-0.39, 0.29) is 16.8 Å². The number of nitrogens with zero attached hydrogens (tertiary/aromatic N) is 4. The molecule has 5 nitrogen and oxygen atoms in total. The van der Waals surface area contributed by atoms with Crippen LogP contribution in [0.3, 0.4) is 0 Å². The van der Waals surface area contributed by atoms with Gasteiger partial charge >= 0.3 is 0 Å². The lowest BCUT2D eigenvalue weighted by Crippen LogP contribution is -2.26. The van der Waals surface area contributed by atoms with Crippen molar-refractivity contribution in [2.45, 2.75) is 26.8 Å². The molecule has 1 atom stereocenters. The number of tetrazole rings is 1. The molecule has 1 N–H and O–H groups in total. The van der Waals surface area contributed by atoms with E-state index in [1.165, 1.54) is 10.7 Å². The van der Waals surface area contributed by atoms with Crippen molar-refractivity contribution in [1.29, 1.82) is 0 Å². The van der Waals surface area contributed by atoms with Crippen LogP contribution < -0.4 is 5.32 Å². The molecule has 2 aromatic rings. The number of hydrogen-bond acceptors (Lipinski definition) is 4. The molecule has 20 heavy (non-hydrogen) atoms. The van der Waals surface area contributed by atoms with Crippen LogP contribution in [0.1, 0.15) is 32.6 Å². The van der Waals surface area contributed by atoms with Gasteiger partial charge in [-0.25, -0.2) is 4.39 Å². The first-order valence-corrected chi connectivity index (χ1v) is 6.84. The maximum atomic E-state index is 14.1. The van der Waals surface area contributed by atoms with Gasteiger partial charge in [0.05, 0.1) is 11.1 Å². The summed E-state index contributed by atoms with van der Waals surface area (Å²) in [5.74, 6) is 0.523. The summed E-state index contributed by atoms with van der Waals surface area (Å²) in [4.78, 5) is 0. The first-order chi connectivity index (χ1) is 9.50. The second-order valence-electron chi connectivity index (χ2n) is 5.05. The summed E-state index contributed by atoms with van der Waals surface area (Å²) >= 11 is 5.79. The smallest absolute Gasteiger partial charge is 0.173 e. The predicted octanol–water partition coefficient (Wildman–Crippen LogP) is 2.76. The average molecular weight is 298 g/mol. The quantitative estimate of drug-likeness (QED) is 0.922. The monoisotopic (exact) mass is 297 g/mol. The van der Waals surface area contributed by atoms with Gasteiger partial charge in [-0.05, 0) is 41.9 Å². The summed E-state index contributed by atoms with van der Waals surface area (Å²) in [7, 11) is 0. The first kappa shape index (κ1) is 14.9. The molecule has 108 valence electrons. The summed E-state index contributed by atoms with van der Waals surface area (Å²) < 4.78 is 15.4. The van der Waals surface area contributed by atoms with Gasteiger partial charge in [0.25, 0.3) is 0 Å². The zero-order chi connectivity index (χ0) is 14.7. The van der Waals surface area contributed by atoms with Gasteiger partial charge in [-0.3, -0.25) is 0 Å². The number of benzene rings is 1. The lowest BCUT2D eigenvalue weighted by Gasteiger charge is -2.15. The van der Waals surface area contributed by atoms with E-state index in [2.05, 4.69) is 34.7 Å². The summed E-state index contributed by atoms with van der Waals surface area (Å²) in [6.07, 6.45) is 0. The molecule has 7 heteroatoms. The fourth-order valence-electron chi connectivity index (χ4n) is 1.80. The number of nitrogens with one attached hydrogen (secondary N) is 1. The van der Waals surface area contributed by atoms with Crippen molar-refractivity contribution in [3.63, 3.8) is 0 Å². The Kier molecular flexibility index (Phi) is 4.67. The van der Waals surface area contributed by atoms with E-state index in [0.717, 1.165) is 6.54 Å². The molecule has 0 radical (unpaired) electrons. The van der Waals surface area contributed by atoms with E-state index in [1.807, 2.05) is 6.92 Å². The molecule has 1 aromatic carbocycles. The summed E-state index contributed by atoms with van der Waals surface area (Å²) in [5, 5.41) is 14.8.